The Bertz CT molecular complexity index is 243. The molecule has 2 nitrogen and oxygen atoms in total. The molecule has 0 saturated heterocycles. The zero-order valence-electron chi connectivity index (χ0n) is 4.79. The topological polar surface area (TPSA) is 32.8 Å². The molecule has 0 atom stereocenters. The predicted molar refractivity (Wildman–Crippen MR) is 32.4 cm³/mol. The molecule has 0 unspecified atom stereocenters. The maximum absolute atomic E-state index is 8.63. The van der Waals surface area contributed by atoms with Gasteiger partial charge in [0.15, 0.2) is 11.5 Å². The van der Waals surface area contributed by atoms with Crippen LogP contribution in [0.1, 0.15) is 5.56 Å². The number of hydrogen-bond donors (Lipinski definition) is 1. The van der Waals surface area contributed by atoms with Crippen LogP contribution in [-0.4, -0.2) is 5.11 Å². The van der Waals surface area contributed by atoms with Gasteiger partial charge in [0.2, 0.25) is 0 Å². The maximum atomic E-state index is 8.63. The fraction of sp³-hybridized carbons (Fsp3) is 0.143. The van der Waals surface area contributed by atoms with Crippen molar-refractivity contribution in [2.75, 3.05) is 0 Å². The van der Waals surface area contributed by atoms with Crippen molar-refractivity contribution in [2.45, 2.75) is 6.61 Å². The Morgan fingerprint density at radius 1 is 1.33 bits per heavy atom. The second kappa shape index (κ2) is 1.48. The van der Waals surface area contributed by atoms with E-state index >= 15 is 0 Å². The highest BCUT2D eigenvalue weighted by molar-refractivity contribution is 5.55. The number of rotatable bonds is 1. The van der Waals surface area contributed by atoms with Crippen molar-refractivity contribution in [3.8, 4) is 11.5 Å². The van der Waals surface area contributed by atoms with Gasteiger partial charge in [0.25, 0.3) is 0 Å². The number of fused-ring (bicyclic) bond motifs is 1. The van der Waals surface area contributed by atoms with Gasteiger partial charge in [0, 0.05) is 0 Å². The lowest BCUT2D eigenvalue weighted by Gasteiger charge is -1.85. The summed E-state index contributed by atoms with van der Waals surface area (Å²) in [7, 11) is 0. The van der Waals surface area contributed by atoms with E-state index in [1.54, 1.807) is 0 Å². The fourth-order valence-electron chi connectivity index (χ4n) is 0.807. The number of ether oxygens (including phenoxy) is 1. The first kappa shape index (κ1) is 4.82. The van der Waals surface area contributed by atoms with E-state index < -0.39 is 0 Å². The normalized spacial score (nSPS) is 12.1. The lowest BCUT2D eigenvalue weighted by atomic mass is 10.2. The molecule has 0 saturated carbocycles. The molecule has 9 heavy (non-hydrogen) atoms. The third-order valence-electron chi connectivity index (χ3n) is 1.37. The van der Waals surface area contributed by atoms with Crippen LogP contribution in [0.4, 0.5) is 0 Å². The van der Waals surface area contributed by atoms with Crippen LogP contribution >= 0.6 is 0 Å². The summed E-state index contributed by atoms with van der Waals surface area (Å²) in [5.74, 6) is 1.84. The van der Waals surface area contributed by atoms with Gasteiger partial charge in [-0.15, -0.1) is 0 Å². The third kappa shape index (κ3) is 0.678. The summed E-state index contributed by atoms with van der Waals surface area (Å²) in [6.45, 7) is 0.0939. The largest absolute Gasteiger partial charge is 0.450 e. The second-order valence-electron chi connectivity index (χ2n) is 2.04. The first-order valence-corrected chi connectivity index (χ1v) is 2.82. The lowest BCUT2D eigenvalue weighted by molar-refractivity contribution is 0.282. The minimum atomic E-state index is 0.0939. The second-order valence-corrected chi connectivity index (χ2v) is 2.04. The van der Waals surface area contributed by atoms with Crippen LogP contribution in [0.3, 0.4) is 0 Å². The molecule has 1 aliphatic heterocycles. The van der Waals surface area contributed by atoms with Crippen molar-refractivity contribution in [2.24, 2.45) is 0 Å². The quantitative estimate of drug-likeness (QED) is 0.578. The van der Waals surface area contributed by atoms with Crippen LogP contribution in [0.15, 0.2) is 18.2 Å². The summed E-state index contributed by atoms with van der Waals surface area (Å²) in [5, 5.41) is 8.63. The van der Waals surface area contributed by atoms with Crippen LogP contribution in [0.2, 0.25) is 0 Å². The molecular weight excluding hydrogens is 116 g/mol. The van der Waals surface area contributed by atoms with Crippen molar-refractivity contribution in [3.63, 3.8) is 0 Å². The van der Waals surface area contributed by atoms with E-state index in [-0.39, 0.29) is 6.61 Å². The Morgan fingerprint density at radius 3 is 2.89 bits per heavy atom. The van der Waals surface area contributed by atoms with Gasteiger partial charge in [0.1, 0.15) is 0 Å². The summed E-state index contributed by atoms with van der Waals surface area (Å²) in [6.07, 6.45) is 0. The molecule has 46 valence electrons. The van der Waals surface area contributed by atoms with Crippen molar-refractivity contribution in [1.29, 1.82) is 0 Å². The van der Waals surface area contributed by atoms with Gasteiger partial charge in [0.05, 0.1) is 6.61 Å². The molecule has 0 aromatic heterocycles. The van der Waals surface area contributed by atoms with Crippen molar-refractivity contribution in [1.82, 2.24) is 0 Å². The number of benzene rings is 1. The molecule has 1 N–H and O–H groups in total. The minimum absolute atomic E-state index is 0.0939. The van der Waals surface area contributed by atoms with E-state index in [0.29, 0.717) is 0 Å². The average Bonchev–Trinajstić information content (AvgIpc) is 2.64. The number of aliphatic hydroxyl groups excluding tert-OH is 1. The minimum Gasteiger partial charge on any atom is -0.450 e. The highest BCUT2D eigenvalue weighted by Gasteiger charge is 2.18. The third-order valence-corrected chi connectivity index (χ3v) is 1.37. The standard InChI is InChI=1S/C7H6O2/c8-4-5-1-2-6-7(3-5)9-6/h1-3,8H,4H2. The molecule has 1 aromatic rings. The van der Waals surface area contributed by atoms with Crippen LogP contribution in [0, 0.1) is 0 Å². The Hall–Kier alpha value is -1.02. The van der Waals surface area contributed by atoms with Gasteiger partial charge in [-0.1, -0.05) is 6.07 Å². The molecular formula is C7H6O2. The molecule has 0 spiro atoms. The molecule has 2 rings (SSSR count). The van der Waals surface area contributed by atoms with E-state index in [4.69, 9.17) is 9.84 Å². The molecule has 1 heterocycles. The van der Waals surface area contributed by atoms with E-state index in [0.717, 1.165) is 17.1 Å². The van der Waals surface area contributed by atoms with Gasteiger partial charge in [-0.3, -0.25) is 0 Å². The highest BCUT2D eigenvalue weighted by atomic mass is 16.6. The summed E-state index contributed by atoms with van der Waals surface area (Å²) in [4.78, 5) is 0. The van der Waals surface area contributed by atoms with E-state index in [1.165, 1.54) is 0 Å². The molecule has 0 bridgehead atoms. The first-order chi connectivity index (χ1) is 4.40. The Balaban J connectivity index is 2.44. The number of hydrogen-bond acceptors (Lipinski definition) is 2. The molecule has 0 aliphatic carbocycles. The van der Waals surface area contributed by atoms with Gasteiger partial charge >= 0.3 is 0 Å². The summed E-state index contributed by atoms with van der Waals surface area (Å²) in [6, 6.07) is 5.56. The zero-order chi connectivity index (χ0) is 6.27. The van der Waals surface area contributed by atoms with Gasteiger partial charge in [-0.05, 0) is 17.7 Å². The molecule has 0 amide bonds. The zero-order valence-corrected chi connectivity index (χ0v) is 4.79. The van der Waals surface area contributed by atoms with Crippen LogP contribution in [0.5, 0.6) is 11.5 Å². The fourth-order valence-corrected chi connectivity index (χ4v) is 0.807. The average molecular weight is 122 g/mol. The SMILES string of the molecule is OCc1ccc2c(c1)O2. The van der Waals surface area contributed by atoms with Crippen LogP contribution in [0.25, 0.3) is 0 Å². The molecule has 1 aliphatic rings. The van der Waals surface area contributed by atoms with Crippen LogP contribution < -0.4 is 4.74 Å². The predicted octanol–water partition coefficient (Wildman–Crippen LogP) is 1.28. The Labute approximate surface area is 52.7 Å². The molecule has 1 aromatic carbocycles. The Kier molecular flexibility index (Phi) is 0.794. The molecule has 0 fully saturated rings. The maximum Gasteiger partial charge on any atom is 0.170 e. The van der Waals surface area contributed by atoms with E-state index in [2.05, 4.69) is 0 Å². The highest BCUT2D eigenvalue weighted by Crippen LogP contribution is 2.45. The van der Waals surface area contributed by atoms with E-state index in [9.17, 15) is 0 Å². The molecule has 0 radical (unpaired) electrons. The summed E-state index contributed by atoms with van der Waals surface area (Å²) < 4.78 is 4.97. The van der Waals surface area contributed by atoms with Gasteiger partial charge in [-0.2, -0.15) is 0 Å². The van der Waals surface area contributed by atoms with Crippen molar-refractivity contribution >= 4 is 0 Å². The van der Waals surface area contributed by atoms with E-state index in [1.807, 2.05) is 18.2 Å². The molecule has 2 heteroatoms. The van der Waals surface area contributed by atoms with Crippen molar-refractivity contribution in [3.05, 3.63) is 23.8 Å². The summed E-state index contributed by atoms with van der Waals surface area (Å²) >= 11 is 0. The van der Waals surface area contributed by atoms with Crippen LogP contribution in [-0.2, 0) is 6.61 Å². The monoisotopic (exact) mass is 122 g/mol. The lowest BCUT2D eigenvalue weighted by Crippen LogP contribution is -1.75. The van der Waals surface area contributed by atoms with Gasteiger partial charge < -0.3 is 9.84 Å². The first-order valence-electron chi connectivity index (χ1n) is 2.82. The smallest absolute Gasteiger partial charge is 0.170 e. The Morgan fingerprint density at radius 2 is 2.22 bits per heavy atom. The van der Waals surface area contributed by atoms with Gasteiger partial charge in [-0.25, -0.2) is 0 Å². The number of aliphatic hydroxyl groups is 1. The van der Waals surface area contributed by atoms with Crippen molar-refractivity contribution < 1.29 is 9.84 Å². The summed E-state index contributed by atoms with van der Waals surface area (Å²) in [5.41, 5.74) is 0.909.